The van der Waals surface area contributed by atoms with Crippen molar-refractivity contribution in [1.82, 2.24) is 10.6 Å². The van der Waals surface area contributed by atoms with Crippen LogP contribution in [0.4, 0.5) is 5.69 Å². The predicted molar refractivity (Wildman–Crippen MR) is 131 cm³/mol. The van der Waals surface area contributed by atoms with Crippen LogP contribution in [-0.2, 0) is 9.53 Å². The van der Waals surface area contributed by atoms with E-state index in [1.54, 1.807) is 14.2 Å². The zero-order chi connectivity index (χ0) is 20.5. The summed E-state index contributed by atoms with van der Waals surface area (Å²) in [6.07, 6.45) is 6.77. The molecule has 30 heavy (non-hydrogen) atoms. The topological polar surface area (TPSA) is 75.2 Å². The van der Waals surface area contributed by atoms with Gasteiger partial charge in [0.2, 0.25) is 0 Å². The van der Waals surface area contributed by atoms with Gasteiger partial charge in [-0.3, -0.25) is 9.79 Å². The van der Waals surface area contributed by atoms with E-state index in [-0.39, 0.29) is 36.0 Å². The van der Waals surface area contributed by atoms with Gasteiger partial charge in [0.25, 0.3) is 0 Å². The first-order valence-electron chi connectivity index (χ1n) is 10.7. The van der Waals surface area contributed by atoms with E-state index in [1.807, 2.05) is 18.2 Å². The second kappa shape index (κ2) is 12.9. The summed E-state index contributed by atoms with van der Waals surface area (Å²) in [5.41, 5.74) is 1.13. The molecule has 0 radical (unpaired) electrons. The molecule has 1 aliphatic carbocycles. The van der Waals surface area contributed by atoms with Crippen molar-refractivity contribution in [2.75, 3.05) is 38.7 Å². The average Bonchev–Trinajstić information content (AvgIpc) is 3.42. The summed E-state index contributed by atoms with van der Waals surface area (Å²) in [4.78, 5) is 18.6. The van der Waals surface area contributed by atoms with Gasteiger partial charge in [-0.15, -0.1) is 24.0 Å². The van der Waals surface area contributed by atoms with Crippen LogP contribution in [0.1, 0.15) is 44.9 Å². The van der Waals surface area contributed by atoms with E-state index < -0.39 is 0 Å². The summed E-state index contributed by atoms with van der Waals surface area (Å²) in [6.45, 7) is 2.57. The smallest absolute Gasteiger partial charge is 0.306 e. The number of carbonyl (C=O) groups is 1. The van der Waals surface area contributed by atoms with Crippen LogP contribution in [0.25, 0.3) is 0 Å². The van der Waals surface area contributed by atoms with Crippen molar-refractivity contribution in [3.63, 3.8) is 0 Å². The Balaban J connectivity index is 0.00000320. The van der Waals surface area contributed by atoms with Crippen molar-refractivity contribution in [1.29, 1.82) is 0 Å². The highest BCUT2D eigenvalue weighted by Crippen LogP contribution is 2.30. The van der Waals surface area contributed by atoms with Crippen LogP contribution in [0, 0.1) is 0 Å². The van der Waals surface area contributed by atoms with Crippen molar-refractivity contribution >= 4 is 41.6 Å². The van der Waals surface area contributed by atoms with E-state index in [4.69, 9.17) is 9.47 Å². The Morgan fingerprint density at radius 2 is 2.00 bits per heavy atom. The SMILES string of the molecule is CN=C(NCCCC(=O)OC1CCCC1)NC1CCN(c2ccccc2OC)C1.I. The molecule has 1 saturated carbocycles. The molecule has 0 spiro atoms. The number of para-hydroxylation sites is 2. The lowest BCUT2D eigenvalue weighted by Crippen LogP contribution is -2.45. The van der Waals surface area contributed by atoms with Crippen LogP contribution < -0.4 is 20.3 Å². The maximum absolute atomic E-state index is 11.9. The molecule has 1 unspecified atom stereocenters. The molecule has 0 bridgehead atoms. The Hall–Kier alpha value is -1.71. The highest BCUT2D eigenvalue weighted by molar-refractivity contribution is 14.0. The Morgan fingerprint density at radius 1 is 1.23 bits per heavy atom. The Kier molecular flexibility index (Phi) is 10.5. The molecule has 1 atom stereocenters. The quantitative estimate of drug-likeness (QED) is 0.177. The van der Waals surface area contributed by atoms with Crippen LogP contribution in [0.5, 0.6) is 5.75 Å². The minimum absolute atomic E-state index is 0. The summed E-state index contributed by atoms with van der Waals surface area (Å²) in [5, 5.41) is 6.80. The van der Waals surface area contributed by atoms with E-state index in [1.165, 1.54) is 12.8 Å². The molecule has 1 aromatic rings. The second-order valence-electron chi connectivity index (χ2n) is 7.75. The molecule has 168 valence electrons. The highest BCUT2D eigenvalue weighted by Gasteiger charge is 2.25. The number of ether oxygens (including phenoxy) is 2. The Bertz CT molecular complexity index is 695. The van der Waals surface area contributed by atoms with E-state index >= 15 is 0 Å². The molecule has 0 amide bonds. The maximum atomic E-state index is 11.9. The third-order valence-corrected chi connectivity index (χ3v) is 5.63. The summed E-state index contributed by atoms with van der Waals surface area (Å²) in [7, 11) is 3.48. The first-order valence-corrected chi connectivity index (χ1v) is 10.7. The predicted octanol–water partition coefficient (Wildman–Crippen LogP) is 3.32. The number of rotatable bonds is 8. The van der Waals surface area contributed by atoms with Gasteiger partial charge in [0.05, 0.1) is 12.8 Å². The van der Waals surface area contributed by atoms with E-state index in [0.717, 1.165) is 56.2 Å². The molecule has 8 heteroatoms. The number of methoxy groups -OCH3 is 1. The summed E-state index contributed by atoms with van der Waals surface area (Å²) in [6, 6.07) is 8.44. The molecule has 3 rings (SSSR count). The number of hydrogen-bond donors (Lipinski definition) is 2. The number of esters is 1. The number of hydrogen-bond acceptors (Lipinski definition) is 5. The second-order valence-corrected chi connectivity index (χ2v) is 7.75. The summed E-state index contributed by atoms with van der Waals surface area (Å²) in [5.74, 6) is 1.60. The number of guanidine groups is 1. The van der Waals surface area contributed by atoms with Gasteiger partial charge in [0, 0.05) is 39.1 Å². The monoisotopic (exact) mass is 530 g/mol. The third kappa shape index (κ3) is 7.21. The van der Waals surface area contributed by atoms with Crippen molar-refractivity contribution in [3.05, 3.63) is 24.3 Å². The van der Waals surface area contributed by atoms with E-state index in [9.17, 15) is 4.79 Å². The van der Waals surface area contributed by atoms with Gasteiger partial charge >= 0.3 is 5.97 Å². The van der Waals surface area contributed by atoms with Crippen LogP contribution in [-0.4, -0.2) is 57.9 Å². The molecule has 2 aliphatic rings. The number of halogens is 1. The minimum Gasteiger partial charge on any atom is -0.495 e. The van der Waals surface area contributed by atoms with Gasteiger partial charge in [-0.1, -0.05) is 12.1 Å². The van der Waals surface area contributed by atoms with Gasteiger partial charge in [-0.05, 0) is 50.7 Å². The van der Waals surface area contributed by atoms with Gasteiger partial charge in [0.15, 0.2) is 5.96 Å². The number of anilines is 1. The molecule has 1 aliphatic heterocycles. The first-order chi connectivity index (χ1) is 14.2. The van der Waals surface area contributed by atoms with Crippen molar-refractivity contribution in [3.8, 4) is 5.75 Å². The third-order valence-electron chi connectivity index (χ3n) is 5.63. The number of nitrogens with one attached hydrogen (secondary N) is 2. The largest absolute Gasteiger partial charge is 0.495 e. The molecule has 1 heterocycles. The van der Waals surface area contributed by atoms with E-state index in [0.29, 0.717) is 19.0 Å². The highest BCUT2D eigenvalue weighted by atomic mass is 127. The fraction of sp³-hybridized carbons (Fsp3) is 0.636. The number of nitrogens with zero attached hydrogens (tertiary/aromatic N) is 2. The zero-order valence-electron chi connectivity index (χ0n) is 18.1. The lowest BCUT2D eigenvalue weighted by Gasteiger charge is -2.22. The molecule has 1 saturated heterocycles. The lowest BCUT2D eigenvalue weighted by atomic mass is 10.2. The first kappa shape index (κ1) is 24.6. The van der Waals surface area contributed by atoms with Crippen LogP contribution in [0.2, 0.25) is 0 Å². The maximum Gasteiger partial charge on any atom is 0.306 e. The molecular weight excluding hydrogens is 495 g/mol. The van der Waals surface area contributed by atoms with Crippen LogP contribution in [0.3, 0.4) is 0 Å². The zero-order valence-corrected chi connectivity index (χ0v) is 20.4. The van der Waals surface area contributed by atoms with Crippen LogP contribution in [0.15, 0.2) is 29.3 Å². The van der Waals surface area contributed by atoms with Gasteiger partial charge in [-0.25, -0.2) is 0 Å². The number of aliphatic imine (C=N–C) groups is 1. The lowest BCUT2D eigenvalue weighted by molar-refractivity contribution is -0.148. The van der Waals surface area contributed by atoms with Crippen molar-refractivity contribution in [2.24, 2.45) is 4.99 Å². The Morgan fingerprint density at radius 3 is 2.73 bits per heavy atom. The number of carbonyl (C=O) groups excluding carboxylic acids is 1. The van der Waals surface area contributed by atoms with E-state index in [2.05, 4.69) is 26.6 Å². The van der Waals surface area contributed by atoms with Crippen molar-refractivity contribution < 1.29 is 14.3 Å². The van der Waals surface area contributed by atoms with Gasteiger partial charge in [0.1, 0.15) is 11.9 Å². The fourth-order valence-electron chi connectivity index (χ4n) is 4.07. The standard InChI is InChI=1S/C22H34N4O3.HI/c1-23-22(24-14-7-12-21(27)29-18-8-3-4-9-18)25-17-13-15-26(16-17)19-10-5-6-11-20(19)28-2;/h5-6,10-11,17-18H,3-4,7-9,12-16H2,1-2H3,(H2,23,24,25);1H. The summed E-state index contributed by atoms with van der Waals surface area (Å²) < 4.78 is 11.0. The van der Waals surface area contributed by atoms with Gasteiger partial charge < -0.3 is 25.0 Å². The summed E-state index contributed by atoms with van der Waals surface area (Å²) >= 11 is 0. The molecule has 1 aromatic carbocycles. The normalized spacial score (nSPS) is 19.3. The fourth-order valence-corrected chi connectivity index (χ4v) is 4.07. The van der Waals surface area contributed by atoms with Crippen LogP contribution >= 0.6 is 24.0 Å². The molecule has 0 aromatic heterocycles. The molecule has 2 N–H and O–H groups in total. The molecular formula is C22H35IN4O3. The molecule has 2 fully saturated rings. The van der Waals surface area contributed by atoms with Crippen molar-refractivity contribution in [2.45, 2.75) is 57.1 Å². The minimum atomic E-state index is -0.0788. The van der Waals surface area contributed by atoms with Gasteiger partial charge in [-0.2, -0.15) is 0 Å². The average molecular weight is 530 g/mol. The molecule has 7 nitrogen and oxygen atoms in total. The number of benzene rings is 1. The Labute approximate surface area is 197 Å².